The lowest BCUT2D eigenvalue weighted by molar-refractivity contribution is -0.139. The predicted octanol–water partition coefficient (Wildman–Crippen LogP) is 2.48. The van der Waals surface area contributed by atoms with Crippen LogP contribution in [0.1, 0.15) is 17.5 Å². The van der Waals surface area contributed by atoms with Crippen LogP contribution in [0.25, 0.3) is 0 Å². The van der Waals surface area contributed by atoms with E-state index in [1.54, 1.807) is 30.3 Å². The van der Waals surface area contributed by atoms with Gasteiger partial charge < -0.3 is 10.1 Å². The van der Waals surface area contributed by atoms with Crippen molar-refractivity contribution in [1.29, 1.82) is 0 Å². The lowest BCUT2D eigenvalue weighted by Crippen LogP contribution is -2.38. The first kappa shape index (κ1) is 21.8. The molecule has 1 heterocycles. The van der Waals surface area contributed by atoms with Crippen molar-refractivity contribution in [1.82, 2.24) is 4.72 Å². The summed E-state index contributed by atoms with van der Waals surface area (Å²) in [6.07, 6.45) is -4.99. The Bertz CT molecular complexity index is 1060. The molecule has 7 nitrogen and oxygen atoms in total. The molecule has 0 saturated carbocycles. The molecule has 0 aromatic heterocycles. The molecule has 160 valence electrons. The molecule has 1 aliphatic heterocycles. The zero-order valence-corrected chi connectivity index (χ0v) is 16.2. The third kappa shape index (κ3) is 5.16. The molecule has 0 bridgehead atoms. The normalized spacial score (nSPS) is 16.9. The number of benzene rings is 2. The molecule has 0 spiro atoms. The van der Waals surface area contributed by atoms with Gasteiger partial charge in [0.15, 0.2) is 0 Å². The van der Waals surface area contributed by atoms with Crippen molar-refractivity contribution in [3.8, 4) is 0 Å². The highest BCUT2D eigenvalue weighted by Gasteiger charge is 2.37. The van der Waals surface area contributed by atoms with E-state index in [9.17, 15) is 31.2 Å². The fourth-order valence-corrected chi connectivity index (χ4v) is 4.11. The summed E-state index contributed by atoms with van der Waals surface area (Å²) in [5.41, 5.74) is -1.28. The Morgan fingerprint density at radius 1 is 1.13 bits per heavy atom. The minimum absolute atomic E-state index is 0.0200. The van der Waals surface area contributed by atoms with E-state index >= 15 is 0 Å². The molecule has 0 aliphatic carbocycles. The number of halogens is 3. The third-order valence-corrected chi connectivity index (χ3v) is 5.79. The van der Waals surface area contributed by atoms with Crippen molar-refractivity contribution >= 4 is 27.6 Å². The molecule has 2 N–H and O–H groups in total. The summed E-state index contributed by atoms with van der Waals surface area (Å²) < 4.78 is 72.1. The summed E-state index contributed by atoms with van der Waals surface area (Å²) in [5, 5.41) is 2.18. The second-order valence-corrected chi connectivity index (χ2v) is 8.26. The van der Waals surface area contributed by atoms with Gasteiger partial charge in [-0.2, -0.15) is 17.9 Å². The molecule has 11 heteroatoms. The summed E-state index contributed by atoms with van der Waals surface area (Å²) in [4.78, 5) is 22.9. The Hall–Kier alpha value is -2.92. The number of sulfonamides is 1. The highest BCUT2D eigenvalue weighted by Crippen LogP contribution is 2.36. The zero-order chi connectivity index (χ0) is 21.9. The fourth-order valence-electron chi connectivity index (χ4n) is 2.87. The molecule has 1 amide bonds. The standard InChI is InChI=1S/C19H17F3N2O5S/c20-19(21,22)14-11-13(30(27,28)24-16-8-9-29-18(16)26)6-7-15(14)23-17(25)10-12-4-2-1-3-5-12/h1-7,11,16,24H,8-10H2,(H,23,25)/t16-/m0/s1. The van der Waals surface area contributed by atoms with Gasteiger partial charge in [0, 0.05) is 6.42 Å². The van der Waals surface area contributed by atoms with Crippen molar-refractivity contribution < 1.29 is 35.9 Å². The van der Waals surface area contributed by atoms with Gasteiger partial charge >= 0.3 is 12.1 Å². The molecule has 0 unspecified atom stereocenters. The number of anilines is 1. The van der Waals surface area contributed by atoms with E-state index in [2.05, 4.69) is 10.1 Å². The van der Waals surface area contributed by atoms with E-state index in [4.69, 9.17) is 0 Å². The smallest absolute Gasteiger partial charge is 0.418 e. The Kier molecular flexibility index (Phi) is 6.13. The molecule has 2 aromatic carbocycles. The zero-order valence-electron chi connectivity index (χ0n) is 15.4. The van der Waals surface area contributed by atoms with Gasteiger partial charge in [-0.05, 0) is 23.8 Å². The van der Waals surface area contributed by atoms with Gasteiger partial charge in [-0.1, -0.05) is 30.3 Å². The van der Waals surface area contributed by atoms with Gasteiger partial charge in [0.25, 0.3) is 0 Å². The van der Waals surface area contributed by atoms with E-state index in [1.807, 2.05) is 4.72 Å². The number of carbonyl (C=O) groups is 2. The first-order valence-electron chi connectivity index (χ1n) is 8.80. The van der Waals surface area contributed by atoms with E-state index in [0.29, 0.717) is 11.6 Å². The highest BCUT2D eigenvalue weighted by molar-refractivity contribution is 7.89. The Morgan fingerprint density at radius 2 is 1.83 bits per heavy atom. The minimum Gasteiger partial charge on any atom is -0.464 e. The van der Waals surface area contributed by atoms with Crippen LogP contribution in [-0.2, 0) is 36.9 Å². The molecular formula is C19H17F3N2O5S. The maximum absolute atomic E-state index is 13.5. The number of cyclic esters (lactones) is 1. The minimum atomic E-state index is -4.92. The van der Waals surface area contributed by atoms with E-state index in [0.717, 1.165) is 12.1 Å². The number of ether oxygens (including phenoxy) is 1. The highest BCUT2D eigenvalue weighted by atomic mass is 32.2. The van der Waals surface area contributed by atoms with Gasteiger partial charge in [0.05, 0.1) is 29.2 Å². The average Bonchev–Trinajstić information content (AvgIpc) is 3.05. The summed E-state index contributed by atoms with van der Waals surface area (Å²) >= 11 is 0. The predicted molar refractivity (Wildman–Crippen MR) is 99.9 cm³/mol. The first-order valence-corrected chi connectivity index (χ1v) is 10.3. The molecule has 1 saturated heterocycles. The van der Waals surface area contributed by atoms with Crippen molar-refractivity contribution in [2.24, 2.45) is 0 Å². The quantitative estimate of drug-likeness (QED) is 0.670. The lowest BCUT2D eigenvalue weighted by atomic mass is 10.1. The van der Waals surface area contributed by atoms with Gasteiger partial charge in [0.2, 0.25) is 15.9 Å². The van der Waals surface area contributed by atoms with Crippen molar-refractivity contribution in [2.75, 3.05) is 11.9 Å². The van der Waals surface area contributed by atoms with E-state index in [-0.39, 0.29) is 19.4 Å². The molecule has 0 radical (unpaired) electrons. The van der Waals surface area contributed by atoms with Gasteiger partial charge in [-0.25, -0.2) is 8.42 Å². The number of hydrogen-bond donors (Lipinski definition) is 2. The molecule has 2 aromatic rings. The second-order valence-electron chi connectivity index (χ2n) is 6.55. The van der Waals surface area contributed by atoms with Crippen LogP contribution >= 0.6 is 0 Å². The van der Waals surface area contributed by atoms with Crippen LogP contribution in [0.15, 0.2) is 53.4 Å². The average molecular weight is 442 g/mol. The molecule has 3 rings (SSSR count). The Labute approximate surface area is 170 Å². The van der Waals surface area contributed by atoms with Crippen LogP contribution < -0.4 is 10.0 Å². The summed E-state index contributed by atoms with van der Waals surface area (Å²) in [6.45, 7) is 0.0200. The summed E-state index contributed by atoms with van der Waals surface area (Å²) in [5.74, 6) is -1.48. The molecule has 30 heavy (non-hydrogen) atoms. The number of amides is 1. The van der Waals surface area contributed by atoms with Crippen LogP contribution in [0.5, 0.6) is 0 Å². The largest absolute Gasteiger partial charge is 0.464 e. The monoisotopic (exact) mass is 442 g/mol. The molecular weight excluding hydrogens is 425 g/mol. The lowest BCUT2D eigenvalue weighted by Gasteiger charge is -2.16. The van der Waals surface area contributed by atoms with Crippen LogP contribution in [0.4, 0.5) is 18.9 Å². The summed E-state index contributed by atoms with van der Waals surface area (Å²) in [7, 11) is -4.42. The Balaban J connectivity index is 1.85. The number of alkyl halides is 3. The Morgan fingerprint density at radius 3 is 2.43 bits per heavy atom. The van der Waals surface area contributed by atoms with Crippen molar-refractivity contribution in [2.45, 2.75) is 30.0 Å². The van der Waals surface area contributed by atoms with Crippen LogP contribution in [0.3, 0.4) is 0 Å². The maximum atomic E-state index is 13.5. The van der Waals surface area contributed by atoms with Crippen LogP contribution in [-0.4, -0.2) is 32.9 Å². The number of esters is 1. The fraction of sp³-hybridized carbons (Fsp3) is 0.263. The topological polar surface area (TPSA) is 102 Å². The van der Waals surface area contributed by atoms with Crippen molar-refractivity contribution in [3.05, 3.63) is 59.7 Å². The van der Waals surface area contributed by atoms with Gasteiger partial charge in [0.1, 0.15) is 6.04 Å². The molecule has 1 aliphatic rings. The number of nitrogens with one attached hydrogen (secondary N) is 2. The van der Waals surface area contributed by atoms with Gasteiger partial charge in [-0.3, -0.25) is 9.59 Å². The summed E-state index contributed by atoms with van der Waals surface area (Å²) in [6, 6.07) is 9.48. The third-order valence-electron chi connectivity index (χ3n) is 4.32. The molecule has 1 atom stereocenters. The van der Waals surface area contributed by atoms with Gasteiger partial charge in [-0.15, -0.1) is 0 Å². The number of rotatable bonds is 6. The SMILES string of the molecule is O=C(Cc1ccccc1)Nc1ccc(S(=O)(=O)N[C@H]2CCOC2=O)cc1C(F)(F)F. The first-order chi connectivity index (χ1) is 14.1. The van der Waals surface area contributed by atoms with Crippen LogP contribution in [0.2, 0.25) is 0 Å². The number of hydrogen-bond acceptors (Lipinski definition) is 5. The number of carbonyl (C=O) groups excluding carboxylic acids is 2. The second kappa shape index (κ2) is 8.44. The van der Waals surface area contributed by atoms with Crippen molar-refractivity contribution in [3.63, 3.8) is 0 Å². The van der Waals surface area contributed by atoms with Crippen LogP contribution in [0, 0.1) is 0 Å². The van der Waals surface area contributed by atoms with E-state index in [1.165, 1.54) is 0 Å². The maximum Gasteiger partial charge on any atom is 0.418 e. The molecule has 1 fully saturated rings. The van der Waals surface area contributed by atoms with E-state index < -0.39 is 50.3 Å².